The minimum atomic E-state index is -3.60. The average Bonchev–Trinajstić information content (AvgIpc) is 3.22. The van der Waals surface area contributed by atoms with E-state index in [1.807, 2.05) is 6.92 Å². The lowest BCUT2D eigenvalue weighted by Gasteiger charge is -2.31. The molecule has 1 aliphatic rings. The number of nitrogens with zero attached hydrogens (tertiary/aromatic N) is 2. The molecule has 0 spiro atoms. The van der Waals surface area contributed by atoms with Crippen molar-refractivity contribution in [2.24, 2.45) is 0 Å². The van der Waals surface area contributed by atoms with Crippen molar-refractivity contribution in [1.29, 1.82) is 0 Å². The average molecular weight is 353 g/mol. The number of aryl methyl sites for hydroxylation is 1. The van der Waals surface area contributed by atoms with E-state index in [0.29, 0.717) is 36.9 Å². The Labute approximate surface area is 142 Å². The molecule has 0 saturated carbocycles. The Hall–Kier alpha value is -1.64. The molecule has 3 heterocycles. The van der Waals surface area contributed by atoms with Crippen LogP contribution in [-0.4, -0.2) is 48.7 Å². The van der Waals surface area contributed by atoms with Gasteiger partial charge in [-0.3, -0.25) is 5.10 Å². The molecule has 0 amide bonds. The normalized spacial score (nSPS) is 19.7. The maximum atomic E-state index is 13.0. The Morgan fingerprint density at radius 1 is 1.50 bits per heavy atom. The summed E-state index contributed by atoms with van der Waals surface area (Å²) in [6.07, 6.45) is 4.19. The van der Waals surface area contributed by atoms with E-state index in [4.69, 9.17) is 9.15 Å². The minimum absolute atomic E-state index is 0.0345. The van der Waals surface area contributed by atoms with Crippen LogP contribution in [0.1, 0.15) is 31.9 Å². The summed E-state index contributed by atoms with van der Waals surface area (Å²) in [6, 6.07) is 3.30. The van der Waals surface area contributed by atoms with Crippen LogP contribution in [0, 0.1) is 6.92 Å². The number of hydrogen-bond acceptors (Lipinski definition) is 5. The van der Waals surface area contributed by atoms with Crippen molar-refractivity contribution in [1.82, 2.24) is 14.5 Å². The van der Waals surface area contributed by atoms with Gasteiger partial charge in [-0.05, 0) is 32.3 Å². The Bertz CT molecular complexity index is 767. The highest BCUT2D eigenvalue weighted by atomic mass is 32.2. The minimum Gasteiger partial charge on any atom is -0.458 e. The summed E-state index contributed by atoms with van der Waals surface area (Å²) in [5.74, 6) is 0.857. The molecule has 0 bridgehead atoms. The number of aromatic nitrogens is 2. The van der Waals surface area contributed by atoms with Gasteiger partial charge in [0.05, 0.1) is 6.10 Å². The maximum absolute atomic E-state index is 13.0. The van der Waals surface area contributed by atoms with Gasteiger partial charge in [0.25, 0.3) is 0 Å². The molecular weight excluding hydrogens is 330 g/mol. The van der Waals surface area contributed by atoms with E-state index in [2.05, 4.69) is 10.2 Å². The first-order chi connectivity index (χ1) is 11.5. The molecule has 1 fully saturated rings. The Morgan fingerprint density at radius 3 is 3.04 bits per heavy atom. The third kappa shape index (κ3) is 3.40. The zero-order valence-corrected chi connectivity index (χ0v) is 14.8. The molecule has 0 aliphatic carbocycles. The number of furan rings is 1. The topological polar surface area (TPSA) is 88.4 Å². The summed E-state index contributed by atoms with van der Waals surface area (Å²) in [4.78, 5) is 0.211. The zero-order chi connectivity index (χ0) is 17.2. The maximum Gasteiger partial charge on any atom is 0.246 e. The van der Waals surface area contributed by atoms with E-state index in [1.54, 1.807) is 25.3 Å². The second kappa shape index (κ2) is 7.08. The zero-order valence-electron chi connectivity index (χ0n) is 14.0. The summed E-state index contributed by atoms with van der Waals surface area (Å²) in [5, 5.41) is 6.65. The smallest absolute Gasteiger partial charge is 0.246 e. The largest absolute Gasteiger partial charge is 0.458 e. The van der Waals surface area contributed by atoms with Gasteiger partial charge in [0.2, 0.25) is 10.0 Å². The summed E-state index contributed by atoms with van der Waals surface area (Å²) in [5.41, 5.74) is 0.655. The highest BCUT2D eigenvalue weighted by Gasteiger charge is 2.33. The molecular formula is C16H23N3O4S. The highest BCUT2D eigenvalue weighted by molar-refractivity contribution is 7.89. The third-order valence-corrected chi connectivity index (χ3v) is 6.13. The number of H-pyrrole nitrogens is 1. The van der Waals surface area contributed by atoms with Crippen LogP contribution >= 0.6 is 0 Å². The number of ether oxygens (including phenoxy) is 1. The van der Waals surface area contributed by atoms with Gasteiger partial charge in [0, 0.05) is 32.0 Å². The van der Waals surface area contributed by atoms with Gasteiger partial charge < -0.3 is 9.15 Å². The van der Waals surface area contributed by atoms with Crippen molar-refractivity contribution in [2.75, 3.05) is 19.7 Å². The van der Waals surface area contributed by atoms with Crippen LogP contribution in [0.25, 0.3) is 11.5 Å². The second-order valence-electron chi connectivity index (χ2n) is 6.00. The Morgan fingerprint density at radius 2 is 2.33 bits per heavy atom. The summed E-state index contributed by atoms with van der Waals surface area (Å²) in [7, 11) is -3.60. The lowest BCUT2D eigenvalue weighted by Crippen LogP contribution is -2.43. The Kier molecular flexibility index (Phi) is 5.07. The van der Waals surface area contributed by atoms with Crippen molar-refractivity contribution >= 4 is 10.0 Å². The second-order valence-corrected chi connectivity index (χ2v) is 7.91. The van der Waals surface area contributed by atoms with Crippen LogP contribution in [0.2, 0.25) is 0 Å². The van der Waals surface area contributed by atoms with E-state index in [0.717, 1.165) is 19.3 Å². The predicted molar refractivity (Wildman–Crippen MR) is 89.1 cm³/mol. The van der Waals surface area contributed by atoms with E-state index in [1.165, 1.54) is 4.31 Å². The monoisotopic (exact) mass is 353 g/mol. The van der Waals surface area contributed by atoms with Gasteiger partial charge in [-0.25, -0.2) is 8.42 Å². The number of rotatable bonds is 6. The molecule has 8 heteroatoms. The van der Waals surface area contributed by atoms with E-state index in [9.17, 15) is 8.42 Å². The Balaban J connectivity index is 1.82. The first-order valence-corrected chi connectivity index (χ1v) is 9.68. The molecule has 1 saturated heterocycles. The quantitative estimate of drug-likeness (QED) is 0.862. The summed E-state index contributed by atoms with van der Waals surface area (Å²) < 4.78 is 38.9. The first-order valence-electron chi connectivity index (χ1n) is 8.24. The third-order valence-electron chi connectivity index (χ3n) is 4.15. The number of piperidine rings is 1. The molecule has 1 aliphatic heterocycles. The molecule has 1 unspecified atom stereocenters. The summed E-state index contributed by atoms with van der Waals surface area (Å²) in [6.45, 7) is 5.28. The fourth-order valence-electron chi connectivity index (χ4n) is 2.93. The predicted octanol–water partition coefficient (Wildman–Crippen LogP) is 2.56. The van der Waals surface area contributed by atoms with E-state index >= 15 is 0 Å². The molecule has 132 valence electrons. The molecule has 3 rings (SSSR count). The number of aromatic amines is 1. The molecule has 24 heavy (non-hydrogen) atoms. The lowest BCUT2D eigenvalue weighted by molar-refractivity contribution is 0.0193. The summed E-state index contributed by atoms with van der Waals surface area (Å²) >= 11 is 0. The van der Waals surface area contributed by atoms with Crippen molar-refractivity contribution in [3.8, 4) is 11.5 Å². The fraction of sp³-hybridized carbons (Fsp3) is 0.562. The molecule has 0 radical (unpaired) electrons. The fourth-order valence-corrected chi connectivity index (χ4v) is 4.60. The van der Waals surface area contributed by atoms with Gasteiger partial charge in [0.15, 0.2) is 5.76 Å². The standard InChI is InChI=1S/C16H23N3O4S/c1-3-9-22-13-5-4-8-19(11-13)24(20,21)16-10-15(23-12(16)2)14-6-7-17-18-14/h6-7,10,13H,3-5,8-9,11H2,1-2H3,(H,17,18). The van der Waals surface area contributed by atoms with E-state index < -0.39 is 10.0 Å². The van der Waals surface area contributed by atoms with Gasteiger partial charge in [-0.15, -0.1) is 0 Å². The van der Waals surface area contributed by atoms with Crippen LogP contribution in [-0.2, 0) is 14.8 Å². The van der Waals surface area contributed by atoms with Gasteiger partial charge >= 0.3 is 0 Å². The lowest BCUT2D eigenvalue weighted by atomic mass is 10.1. The van der Waals surface area contributed by atoms with Crippen molar-refractivity contribution < 1.29 is 17.6 Å². The first kappa shape index (κ1) is 17.2. The van der Waals surface area contributed by atoms with Crippen molar-refractivity contribution in [3.63, 3.8) is 0 Å². The van der Waals surface area contributed by atoms with Crippen LogP contribution in [0.15, 0.2) is 27.6 Å². The SMILES string of the molecule is CCCOC1CCCN(S(=O)(=O)c2cc(-c3ccn[nH]3)oc2C)C1. The molecule has 2 aromatic rings. The van der Waals surface area contributed by atoms with E-state index in [-0.39, 0.29) is 11.0 Å². The highest BCUT2D eigenvalue weighted by Crippen LogP contribution is 2.30. The van der Waals surface area contributed by atoms with Gasteiger partial charge in [-0.2, -0.15) is 9.40 Å². The molecule has 2 aromatic heterocycles. The molecule has 1 N–H and O–H groups in total. The number of sulfonamides is 1. The van der Waals surface area contributed by atoms with Crippen molar-refractivity contribution in [3.05, 3.63) is 24.1 Å². The van der Waals surface area contributed by atoms with Crippen LogP contribution < -0.4 is 0 Å². The van der Waals surface area contributed by atoms with Crippen LogP contribution in [0.3, 0.4) is 0 Å². The number of nitrogens with one attached hydrogen (secondary N) is 1. The van der Waals surface area contributed by atoms with Crippen molar-refractivity contribution in [2.45, 2.75) is 44.1 Å². The number of hydrogen-bond donors (Lipinski definition) is 1. The molecule has 7 nitrogen and oxygen atoms in total. The van der Waals surface area contributed by atoms with Gasteiger partial charge in [0.1, 0.15) is 16.3 Å². The molecule has 0 aromatic carbocycles. The van der Waals surface area contributed by atoms with Crippen LogP contribution in [0.5, 0.6) is 0 Å². The molecule has 1 atom stereocenters. The van der Waals surface area contributed by atoms with Crippen LogP contribution in [0.4, 0.5) is 0 Å². The van der Waals surface area contributed by atoms with Gasteiger partial charge in [-0.1, -0.05) is 6.92 Å².